The standard InChI is InChI=1S/C23H25NO3S/c1-2-3-4-5-6-21-16-26-23(28-21)19-11-13-20(14-12-19)27-22(25)18-9-7-17(15-24)8-10-18/h7-14,21,23H,2-6,16H2,1H3/t21-,23-/m0/s1. The Bertz CT molecular complexity index is 811. The summed E-state index contributed by atoms with van der Waals surface area (Å²) in [7, 11) is 0. The summed E-state index contributed by atoms with van der Waals surface area (Å²) in [6, 6.07) is 15.9. The van der Waals surface area contributed by atoms with Crippen molar-refractivity contribution in [3.8, 4) is 11.8 Å². The summed E-state index contributed by atoms with van der Waals surface area (Å²) in [5.41, 5.74) is 2.08. The lowest BCUT2D eigenvalue weighted by molar-refractivity contribution is 0.0734. The van der Waals surface area contributed by atoms with Crippen LogP contribution >= 0.6 is 11.8 Å². The van der Waals surface area contributed by atoms with Crippen LogP contribution in [0.15, 0.2) is 48.5 Å². The van der Waals surface area contributed by atoms with E-state index in [1.54, 1.807) is 36.4 Å². The topological polar surface area (TPSA) is 59.3 Å². The van der Waals surface area contributed by atoms with Crippen LogP contribution < -0.4 is 4.74 Å². The maximum atomic E-state index is 12.2. The third-order valence-corrected chi connectivity index (χ3v) is 6.15. The Balaban J connectivity index is 1.51. The number of benzene rings is 2. The van der Waals surface area contributed by atoms with E-state index in [9.17, 15) is 4.79 Å². The van der Waals surface area contributed by atoms with Crippen LogP contribution in [0.2, 0.25) is 0 Å². The highest BCUT2D eigenvalue weighted by molar-refractivity contribution is 8.00. The van der Waals surface area contributed by atoms with Gasteiger partial charge < -0.3 is 9.47 Å². The van der Waals surface area contributed by atoms with Gasteiger partial charge in [-0.3, -0.25) is 0 Å². The van der Waals surface area contributed by atoms with E-state index in [1.165, 1.54) is 32.1 Å². The molecule has 1 aliphatic heterocycles. The fourth-order valence-electron chi connectivity index (χ4n) is 3.11. The van der Waals surface area contributed by atoms with Gasteiger partial charge in [0.15, 0.2) is 0 Å². The predicted octanol–water partition coefficient (Wildman–Crippen LogP) is 5.88. The van der Waals surface area contributed by atoms with Crippen LogP contribution in [0.25, 0.3) is 0 Å². The van der Waals surface area contributed by atoms with E-state index in [2.05, 4.69) is 6.92 Å². The number of thioether (sulfide) groups is 1. The molecule has 28 heavy (non-hydrogen) atoms. The second-order valence-corrected chi connectivity index (χ2v) is 8.29. The molecule has 1 saturated heterocycles. The number of nitriles is 1. The quantitative estimate of drug-likeness (QED) is 0.317. The van der Waals surface area contributed by atoms with Gasteiger partial charge in [-0.25, -0.2) is 4.79 Å². The Morgan fingerprint density at radius 3 is 2.57 bits per heavy atom. The fraction of sp³-hybridized carbons (Fsp3) is 0.391. The van der Waals surface area contributed by atoms with Crippen molar-refractivity contribution in [3.05, 3.63) is 65.2 Å². The summed E-state index contributed by atoms with van der Waals surface area (Å²) in [6.45, 7) is 3.03. The average Bonchev–Trinajstić information content (AvgIpc) is 3.21. The second-order valence-electron chi connectivity index (χ2n) is 6.92. The zero-order valence-corrected chi connectivity index (χ0v) is 16.9. The fourth-order valence-corrected chi connectivity index (χ4v) is 4.39. The number of esters is 1. The minimum Gasteiger partial charge on any atom is -0.423 e. The Morgan fingerprint density at radius 2 is 1.89 bits per heavy atom. The largest absolute Gasteiger partial charge is 0.423 e. The molecular formula is C23H25NO3S. The minimum atomic E-state index is -0.434. The molecule has 0 aromatic heterocycles. The molecule has 146 valence electrons. The van der Waals surface area contributed by atoms with Gasteiger partial charge in [0.1, 0.15) is 11.2 Å². The molecule has 3 rings (SSSR count). The number of carbonyl (C=O) groups excluding carboxylic acids is 1. The van der Waals surface area contributed by atoms with Gasteiger partial charge in [0.25, 0.3) is 0 Å². The molecule has 5 heteroatoms. The molecule has 1 fully saturated rings. The van der Waals surface area contributed by atoms with Crippen molar-refractivity contribution in [2.75, 3.05) is 6.61 Å². The number of nitrogens with zero attached hydrogens (tertiary/aromatic N) is 1. The van der Waals surface area contributed by atoms with Gasteiger partial charge in [-0.05, 0) is 48.4 Å². The highest BCUT2D eigenvalue weighted by Gasteiger charge is 2.27. The number of hydrogen-bond donors (Lipinski definition) is 0. The number of rotatable bonds is 8. The monoisotopic (exact) mass is 395 g/mol. The van der Waals surface area contributed by atoms with Gasteiger partial charge in [0.2, 0.25) is 0 Å². The predicted molar refractivity (Wildman–Crippen MR) is 111 cm³/mol. The molecule has 0 saturated carbocycles. The maximum Gasteiger partial charge on any atom is 0.343 e. The molecule has 2 atom stereocenters. The van der Waals surface area contributed by atoms with Gasteiger partial charge in [0.05, 0.1) is 23.8 Å². The Labute approximate surface area is 170 Å². The molecule has 0 N–H and O–H groups in total. The Hall–Kier alpha value is -2.29. The SMILES string of the molecule is CCCCCC[C@H]1CO[C@H](c2ccc(OC(=O)c3ccc(C#N)cc3)cc2)S1. The van der Waals surface area contributed by atoms with Crippen molar-refractivity contribution in [2.45, 2.75) is 49.7 Å². The number of carbonyl (C=O) groups is 1. The first-order valence-corrected chi connectivity index (χ1v) is 10.7. The van der Waals surface area contributed by atoms with Crippen LogP contribution in [0.4, 0.5) is 0 Å². The average molecular weight is 396 g/mol. The van der Waals surface area contributed by atoms with E-state index in [0.29, 0.717) is 22.1 Å². The summed E-state index contributed by atoms with van der Waals surface area (Å²) in [6.07, 6.45) is 6.36. The molecule has 0 amide bonds. The van der Waals surface area contributed by atoms with Crippen molar-refractivity contribution in [1.29, 1.82) is 5.26 Å². The van der Waals surface area contributed by atoms with Crippen molar-refractivity contribution in [3.63, 3.8) is 0 Å². The lowest BCUT2D eigenvalue weighted by atomic mass is 10.1. The van der Waals surface area contributed by atoms with Gasteiger partial charge in [-0.15, -0.1) is 11.8 Å². The third kappa shape index (κ3) is 5.60. The molecule has 0 bridgehead atoms. The highest BCUT2D eigenvalue weighted by Crippen LogP contribution is 2.41. The molecule has 2 aromatic rings. The summed E-state index contributed by atoms with van der Waals surface area (Å²) >= 11 is 1.89. The van der Waals surface area contributed by atoms with E-state index < -0.39 is 5.97 Å². The van der Waals surface area contributed by atoms with Gasteiger partial charge in [-0.2, -0.15) is 5.26 Å². The lowest BCUT2D eigenvalue weighted by Gasteiger charge is -2.11. The molecule has 0 unspecified atom stereocenters. The van der Waals surface area contributed by atoms with E-state index in [1.807, 2.05) is 30.0 Å². The zero-order valence-electron chi connectivity index (χ0n) is 16.1. The van der Waals surface area contributed by atoms with Gasteiger partial charge >= 0.3 is 5.97 Å². The van der Waals surface area contributed by atoms with E-state index in [0.717, 1.165) is 12.2 Å². The normalized spacial score (nSPS) is 18.6. The smallest absolute Gasteiger partial charge is 0.343 e. The van der Waals surface area contributed by atoms with E-state index >= 15 is 0 Å². The second kappa shape index (κ2) is 10.3. The molecule has 0 aliphatic carbocycles. The lowest BCUT2D eigenvalue weighted by Crippen LogP contribution is -2.08. The molecule has 0 radical (unpaired) electrons. The highest BCUT2D eigenvalue weighted by atomic mass is 32.2. The zero-order chi connectivity index (χ0) is 19.8. The summed E-state index contributed by atoms with van der Waals surface area (Å²) in [5, 5.41) is 9.39. The van der Waals surface area contributed by atoms with Crippen molar-refractivity contribution < 1.29 is 14.3 Å². The van der Waals surface area contributed by atoms with Crippen molar-refractivity contribution in [1.82, 2.24) is 0 Å². The molecule has 1 heterocycles. The summed E-state index contributed by atoms with van der Waals surface area (Å²) in [5.74, 6) is 0.0631. The number of hydrogen-bond acceptors (Lipinski definition) is 5. The molecule has 2 aromatic carbocycles. The van der Waals surface area contributed by atoms with Crippen LogP contribution in [0.1, 0.15) is 65.9 Å². The minimum absolute atomic E-state index is 0.0550. The van der Waals surface area contributed by atoms with Crippen LogP contribution in [-0.2, 0) is 4.74 Å². The first-order valence-electron chi connectivity index (χ1n) is 9.79. The van der Waals surface area contributed by atoms with Crippen LogP contribution in [0.5, 0.6) is 5.75 Å². The van der Waals surface area contributed by atoms with Gasteiger partial charge in [-0.1, -0.05) is 44.7 Å². The third-order valence-electron chi connectivity index (χ3n) is 4.74. The van der Waals surface area contributed by atoms with Crippen molar-refractivity contribution >= 4 is 17.7 Å². The van der Waals surface area contributed by atoms with Gasteiger partial charge in [0, 0.05) is 5.25 Å². The Morgan fingerprint density at radius 1 is 1.14 bits per heavy atom. The maximum absolute atomic E-state index is 12.2. The molecule has 0 spiro atoms. The molecule has 1 aliphatic rings. The van der Waals surface area contributed by atoms with E-state index in [-0.39, 0.29) is 5.44 Å². The van der Waals surface area contributed by atoms with Crippen LogP contribution in [-0.4, -0.2) is 17.8 Å². The number of ether oxygens (including phenoxy) is 2. The summed E-state index contributed by atoms with van der Waals surface area (Å²) in [4.78, 5) is 12.2. The summed E-state index contributed by atoms with van der Waals surface area (Å²) < 4.78 is 11.4. The first kappa shape index (κ1) is 20.4. The Kier molecular flexibility index (Phi) is 7.53. The number of unbranched alkanes of at least 4 members (excludes halogenated alkanes) is 3. The molecular weight excluding hydrogens is 370 g/mol. The van der Waals surface area contributed by atoms with Crippen LogP contribution in [0.3, 0.4) is 0 Å². The first-order chi connectivity index (χ1) is 13.7. The van der Waals surface area contributed by atoms with E-state index in [4.69, 9.17) is 14.7 Å². The van der Waals surface area contributed by atoms with Crippen molar-refractivity contribution in [2.24, 2.45) is 0 Å². The van der Waals surface area contributed by atoms with Crippen LogP contribution in [0, 0.1) is 11.3 Å². The molecule has 4 nitrogen and oxygen atoms in total.